The highest BCUT2D eigenvalue weighted by atomic mass is 16.5. The van der Waals surface area contributed by atoms with E-state index in [9.17, 15) is 4.79 Å². The van der Waals surface area contributed by atoms with Crippen LogP contribution in [0.25, 0.3) is 0 Å². The molecule has 1 unspecified atom stereocenters. The van der Waals surface area contributed by atoms with Crippen LogP contribution in [0.2, 0.25) is 0 Å². The van der Waals surface area contributed by atoms with Crippen LogP contribution < -0.4 is 10.6 Å². The minimum atomic E-state index is -0.0159. The molecule has 1 aromatic carbocycles. The number of methoxy groups -OCH3 is 1. The number of aryl methyl sites for hydroxylation is 1. The summed E-state index contributed by atoms with van der Waals surface area (Å²) < 4.78 is 5.28. The van der Waals surface area contributed by atoms with Gasteiger partial charge in [-0.25, -0.2) is 0 Å². The first-order valence-corrected chi connectivity index (χ1v) is 7.30. The number of nitrogens with one attached hydrogen (secondary N) is 2. The van der Waals surface area contributed by atoms with Crippen LogP contribution in [0.3, 0.4) is 0 Å². The smallest absolute Gasteiger partial charge is 0.251 e. The van der Waals surface area contributed by atoms with Gasteiger partial charge in [-0.3, -0.25) is 4.79 Å². The Bertz CT molecular complexity index is 470. The van der Waals surface area contributed by atoms with Crippen LogP contribution in [0.15, 0.2) is 18.2 Å². The van der Waals surface area contributed by atoms with E-state index in [0.717, 1.165) is 23.8 Å². The number of rotatable bonds is 7. The molecule has 1 aliphatic rings. The zero-order valence-corrected chi connectivity index (χ0v) is 12.5. The number of ether oxygens (including phenoxy) is 1. The minimum absolute atomic E-state index is 0.0159. The molecule has 2 N–H and O–H groups in total. The Labute approximate surface area is 120 Å². The van der Waals surface area contributed by atoms with Gasteiger partial charge < -0.3 is 15.4 Å². The molecular formula is C16H24N2O2. The Hall–Kier alpha value is -1.55. The lowest BCUT2D eigenvalue weighted by molar-refractivity contribution is 0.0956. The summed E-state index contributed by atoms with van der Waals surface area (Å²) in [6.45, 7) is 5.32. The number of benzene rings is 1. The summed E-state index contributed by atoms with van der Waals surface area (Å²) >= 11 is 0. The third-order valence-electron chi connectivity index (χ3n) is 3.70. The molecule has 0 aliphatic heterocycles. The average Bonchev–Trinajstić information content (AvgIpc) is 3.25. The molecule has 1 saturated carbocycles. The van der Waals surface area contributed by atoms with Gasteiger partial charge in [-0.1, -0.05) is 0 Å². The maximum atomic E-state index is 11.8. The second kappa shape index (κ2) is 6.75. The van der Waals surface area contributed by atoms with Crippen molar-refractivity contribution in [3.63, 3.8) is 0 Å². The van der Waals surface area contributed by atoms with Crippen molar-refractivity contribution >= 4 is 11.6 Å². The minimum Gasteiger partial charge on any atom is -0.383 e. The van der Waals surface area contributed by atoms with Crippen molar-refractivity contribution in [2.24, 2.45) is 5.92 Å². The molecule has 0 bridgehead atoms. The molecule has 4 heteroatoms. The number of anilines is 1. The van der Waals surface area contributed by atoms with Crippen molar-refractivity contribution < 1.29 is 9.53 Å². The van der Waals surface area contributed by atoms with Crippen molar-refractivity contribution in [2.75, 3.05) is 25.6 Å². The average molecular weight is 276 g/mol. The van der Waals surface area contributed by atoms with Crippen LogP contribution in [0, 0.1) is 12.8 Å². The first-order chi connectivity index (χ1) is 9.65. The van der Waals surface area contributed by atoms with E-state index in [-0.39, 0.29) is 5.91 Å². The van der Waals surface area contributed by atoms with Crippen molar-refractivity contribution in [3.05, 3.63) is 29.3 Å². The van der Waals surface area contributed by atoms with Crippen molar-refractivity contribution in [2.45, 2.75) is 32.7 Å². The van der Waals surface area contributed by atoms with E-state index in [1.165, 1.54) is 12.8 Å². The van der Waals surface area contributed by atoms with Crippen LogP contribution >= 0.6 is 0 Å². The molecule has 2 rings (SSSR count). The monoisotopic (exact) mass is 276 g/mol. The summed E-state index contributed by atoms with van der Waals surface area (Å²) in [6, 6.07) is 6.17. The Balaban J connectivity index is 2.06. The van der Waals surface area contributed by atoms with Gasteiger partial charge in [0.25, 0.3) is 5.91 Å². The Morgan fingerprint density at radius 1 is 1.45 bits per heavy atom. The molecule has 0 radical (unpaired) electrons. The summed E-state index contributed by atoms with van der Waals surface area (Å²) in [5.41, 5.74) is 2.90. The first kappa shape index (κ1) is 14.9. The second-order valence-electron chi connectivity index (χ2n) is 5.43. The van der Waals surface area contributed by atoms with Crippen LogP contribution in [-0.2, 0) is 4.74 Å². The Morgan fingerprint density at radius 2 is 2.20 bits per heavy atom. The van der Waals surface area contributed by atoms with Gasteiger partial charge in [-0.05, 0) is 56.4 Å². The molecule has 1 amide bonds. The standard InChI is InChI=1S/C16H24N2O2/c1-4-17-16(19)13-7-8-14(11(2)9-13)18-15(10-20-3)12-5-6-12/h7-9,12,15,18H,4-6,10H2,1-3H3,(H,17,19). The van der Waals surface area contributed by atoms with Crippen molar-refractivity contribution in [3.8, 4) is 0 Å². The van der Waals surface area contributed by atoms with E-state index < -0.39 is 0 Å². The van der Waals surface area contributed by atoms with E-state index >= 15 is 0 Å². The van der Waals surface area contributed by atoms with Gasteiger partial charge in [0.15, 0.2) is 0 Å². The van der Waals surface area contributed by atoms with Gasteiger partial charge in [0.1, 0.15) is 0 Å². The van der Waals surface area contributed by atoms with Crippen LogP contribution in [-0.4, -0.2) is 32.2 Å². The number of hydrogen-bond acceptors (Lipinski definition) is 3. The summed E-state index contributed by atoms with van der Waals surface area (Å²) in [5, 5.41) is 6.37. The quantitative estimate of drug-likeness (QED) is 0.805. The third kappa shape index (κ3) is 3.73. The van der Waals surface area contributed by atoms with Crippen molar-refractivity contribution in [1.82, 2.24) is 5.32 Å². The fraction of sp³-hybridized carbons (Fsp3) is 0.562. The molecule has 1 fully saturated rings. The molecule has 0 saturated heterocycles. The number of hydrogen-bond donors (Lipinski definition) is 2. The molecule has 1 atom stereocenters. The predicted octanol–water partition coefficient (Wildman–Crippen LogP) is 2.58. The lowest BCUT2D eigenvalue weighted by atomic mass is 10.1. The zero-order valence-electron chi connectivity index (χ0n) is 12.5. The lowest BCUT2D eigenvalue weighted by Crippen LogP contribution is -2.27. The summed E-state index contributed by atoms with van der Waals surface area (Å²) in [5.74, 6) is 0.704. The maximum absolute atomic E-state index is 11.8. The molecule has 4 nitrogen and oxygen atoms in total. The van der Waals surface area contributed by atoms with Crippen LogP contribution in [0.5, 0.6) is 0 Å². The lowest BCUT2D eigenvalue weighted by Gasteiger charge is -2.20. The van der Waals surface area contributed by atoms with Crippen LogP contribution in [0.1, 0.15) is 35.7 Å². The molecule has 1 aliphatic carbocycles. The highest BCUT2D eigenvalue weighted by molar-refractivity contribution is 5.94. The van der Waals surface area contributed by atoms with E-state index in [0.29, 0.717) is 18.2 Å². The first-order valence-electron chi connectivity index (χ1n) is 7.30. The predicted molar refractivity (Wildman–Crippen MR) is 81.2 cm³/mol. The van der Waals surface area contributed by atoms with E-state index in [1.54, 1.807) is 7.11 Å². The second-order valence-corrected chi connectivity index (χ2v) is 5.43. The van der Waals surface area contributed by atoms with Gasteiger partial charge in [-0.15, -0.1) is 0 Å². The molecule has 0 heterocycles. The van der Waals surface area contributed by atoms with E-state index in [4.69, 9.17) is 4.74 Å². The highest BCUT2D eigenvalue weighted by Gasteiger charge is 2.31. The van der Waals surface area contributed by atoms with Gasteiger partial charge in [-0.2, -0.15) is 0 Å². The zero-order chi connectivity index (χ0) is 14.5. The van der Waals surface area contributed by atoms with Gasteiger partial charge >= 0.3 is 0 Å². The van der Waals surface area contributed by atoms with E-state index in [2.05, 4.69) is 10.6 Å². The molecule has 1 aromatic rings. The Kier molecular flexibility index (Phi) is 5.01. The molecule has 110 valence electrons. The van der Waals surface area contributed by atoms with Crippen molar-refractivity contribution in [1.29, 1.82) is 0 Å². The number of amides is 1. The summed E-state index contributed by atoms with van der Waals surface area (Å²) in [6.07, 6.45) is 2.55. The number of carbonyl (C=O) groups excluding carboxylic acids is 1. The van der Waals surface area contributed by atoms with Gasteiger partial charge in [0, 0.05) is 24.9 Å². The number of carbonyl (C=O) groups is 1. The topological polar surface area (TPSA) is 50.4 Å². The fourth-order valence-electron chi connectivity index (χ4n) is 2.40. The largest absolute Gasteiger partial charge is 0.383 e. The molecule has 20 heavy (non-hydrogen) atoms. The normalized spacial score (nSPS) is 15.8. The van der Waals surface area contributed by atoms with E-state index in [1.807, 2.05) is 32.0 Å². The fourth-order valence-corrected chi connectivity index (χ4v) is 2.40. The van der Waals surface area contributed by atoms with Gasteiger partial charge in [0.2, 0.25) is 0 Å². The maximum Gasteiger partial charge on any atom is 0.251 e. The summed E-state index contributed by atoms with van der Waals surface area (Å²) in [7, 11) is 1.74. The molecule has 0 aromatic heterocycles. The highest BCUT2D eigenvalue weighted by Crippen LogP contribution is 2.34. The third-order valence-corrected chi connectivity index (χ3v) is 3.70. The Morgan fingerprint density at radius 3 is 2.75 bits per heavy atom. The van der Waals surface area contributed by atoms with Gasteiger partial charge in [0.05, 0.1) is 12.6 Å². The molecular weight excluding hydrogens is 252 g/mol. The molecule has 0 spiro atoms. The summed E-state index contributed by atoms with van der Waals surface area (Å²) in [4.78, 5) is 11.8. The SMILES string of the molecule is CCNC(=O)c1ccc(NC(COC)C2CC2)c(C)c1. The van der Waals surface area contributed by atoms with Crippen LogP contribution in [0.4, 0.5) is 5.69 Å².